The van der Waals surface area contributed by atoms with Gasteiger partial charge in [-0.15, -0.1) is 0 Å². The molecule has 3 aromatic carbocycles. The molecule has 0 amide bonds. The molecule has 0 heterocycles. The van der Waals surface area contributed by atoms with Gasteiger partial charge >= 0.3 is 0 Å². The Hall–Kier alpha value is -1.33. The molecule has 0 bridgehead atoms. The lowest BCUT2D eigenvalue weighted by Gasteiger charge is -2.63. The Kier molecular flexibility index (Phi) is 16.0. The molecule has 0 saturated heterocycles. The molecule has 0 aliphatic carbocycles. The second-order valence-electron chi connectivity index (χ2n) is 14.4. The van der Waals surface area contributed by atoms with Crippen molar-refractivity contribution in [3.05, 3.63) is 95.0 Å². The average Bonchev–Trinajstić information content (AvgIpc) is 3.16. The van der Waals surface area contributed by atoms with Gasteiger partial charge in [-0.25, -0.2) is 0 Å². The average molecular weight is 831 g/mol. The molecule has 3 rings (SSSR count). The van der Waals surface area contributed by atoms with Crippen molar-refractivity contribution in [1.29, 1.82) is 0 Å². The highest BCUT2D eigenvalue weighted by Gasteiger charge is 2.74. The summed E-state index contributed by atoms with van der Waals surface area (Å²) in [6.45, 7) is 21.4. The minimum atomic E-state index is -3.39. The summed E-state index contributed by atoms with van der Waals surface area (Å²) in [6.07, 6.45) is 0. The number of halogens is 1. The summed E-state index contributed by atoms with van der Waals surface area (Å²) in [5, 5.41) is 5.16. The molecule has 0 fully saturated rings. The van der Waals surface area contributed by atoms with Gasteiger partial charge in [-0.2, -0.15) is 0 Å². The van der Waals surface area contributed by atoms with E-state index in [1.165, 1.54) is 54.4 Å². The SMILES string of the molecule is CC[Si](CC)(CC)[Si](OC(=O)C(C)C(NP(=O)(c1ccccc1)c1ccccc1)c1cccc(Br)c1)([Si](CC)(CC)CC)[Si](CC)(CC)CC. The number of benzene rings is 3. The molecule has 50 heavy (non-hydrogen) atoms. The molecule has 10 heteroatoms. The number of hydrogen-bond acceptors (Lipinski definition) is 3. The van der Waals surface area contributed by atoms with E-state index < -0.39 is 48.9 Å². The molecule has 2 atom stereocenters. The van der Waals surface area contributed by atoms with Crippen molar-refractivity contribution in [2.75, 3.05) is 0 Å². The van der Waals surface area contributed by atoms with Crippen molar-refractivity contribution in [3.63, 3.8) is 0 Å². The summed E-state index contributed by atoms with van der Waals surface area (Å²) in [4.78, 5) is 15.5. The Balaban J connectivity index is 2.38. The van der Waals surface area contributed by atoms with Crippen LogP contribution in [0.25, 0.3) is 0 Å². The minimum Gasteiger partial charge on any atom is -0.527 e. The van der Waals surface area contributed by atoms with Crippen LogP contribution in [0.5, 0.6) is 0 Å². The van der Waals surface area contributed by atoms with E-state index in [-0.39, 0.29) is 5.97 Å². The molecule has 0 aromatic heterocycles. The molecule has 2 unspecified atom stereocenters. The molecule has 0 aliphatic heterocycles. The van der Waals surface area contributed by atoms with Crippen LogP contribution in [0.1, 0.15) is 80.8 Å². The quantitative estimate of drug-likeness (QED) is 0.0910. The number of carbonyl (C=O) groups is 1. The number of rotatable bonds is 20. The lowest BCUT2D eigenvalue weighted by atomic mass is 9.96. The standard InChI is InChI=1S/C40H65BrNO3PSi4/c1-11-47(12-2,13-3)50(48(14-4,15-5)16-6,49(17-7,18-8)19-9)45-40(43)34(10)39(35-27-26-28-36(41)33-35)42-46(44,37-29-22-20-23-30-37)38-31-24-21-25-32-38/h20-34,39H,11-19H2,1-10H3,(H,42,44). The van der Waals surface area contributed by atoms with Crippen molar-refractivity contribution in [3.8, 4) is 0 Å². The van der Waals surface area contributed by atoms with E-state index in [2.05, 4.69) is 95.5 Å². The lowest BCUT2D eigenvalue weighted by molar-refractivity contribution is -0.139. The fourth-order valence-corrected chi connectivity index (χ4v) is 112. The first-order chi connectivity index (χ1) is 23.9. The van der Waals surface area contributed by atoms with Crippen LogP contribution in [0.15, 0.2) is 89.4 Å². The zero-order valence-corrected chi connectivity index (χ0v) is 39.1. The molecule has 0 spiro atoms. The zero-order valence-electron chi connectivity index (χ0n) is 32.7. The van der Waals surface area contributed by atoms with Gasteiger partial charge in [-0.3, -0.25) is 14.4 Å². The van der Waals surface area contributed by atoms with Crippen molar-refractivity contribution in [1.82, 2.24) is 5.09 Å². The summed E-state index contributed by atoms with van der Waals surface area (Å²) in [5.74, 6) is -0.614. The zero-order chi connectivity index (χ0) is 37.2. The fraction of sp³-hybridized carbons (Fsp3) is 0.525. The van der Waals surface area contributed by atoms with Crippen molar-refractivity contribution in [2.45, 2.75) is 130 Å². The maximum absolute atomic E-state index is 15.5. The lowest BCUT2D eigenvalue weighted by Crippen LogP contribution is -2.90. The maximum atomic E-state index is 15.5. The Labute approximate surface area is 317 Å². The van der Waals surface area contributed by atoms with Crippen LogP contribution in [-0.4, -0.2) is 35.6 Å². The van der Waals surface area contributed by atoms with Gasteiger partial charge in [0.1, 0.15) is 0 Å². The van der Waals surface area contributed by atoms with Gasteiger partial charge < -0.3 is 4.43 Å². The van der Waals surface area contributed by atoms with E-state index in [9.17, 15) is 0 Å². The molecule has 0 aliphatic rings. The highest BCUT2D eigenvalue weighted by molar-refractivity contribution is 9.10. The predicted molar refractivity (Wildman–Crippen MR) is 232 cm³/mol. The first-order valence-electron chi connectivity index (χ1n) is 19.4. The Morgan fingerprint density at radius 2 is 1.02 bits per heavy atom. The van der Waals surface area contributed by atoms with Crippen molar-refractivity contribution < 1.29 is 13.8 Å². The molecule has 4 nitrogen and oxygen atoms in total. The fourth-order valence-electron chi connectivity index (χ4n) is 9.83. The first-order valence-corrected chi connectivity index (χ1v) is 34.6. The smallest absolute Gasteiger partial charge is 0.296 e. The second kappa shape index (κ2) is 18.6. The van der Waals surface area contributed by atoms with Gasteiger partial charge in [-0.1, -0.05) is 188 Å². The van der Waals surface area contributed by atoms with Crippen LogP contribution in [0.4, 0.5) is 0 Å². The Morgan fingerprint density at radius 3 is 1.36 bits per heavy atom. The highest BCUT2D eigenvalue weighted by Crippen LogP contribution is 2.52. The molecular formula is C40H65BrNO3PSi4. The van der Waals surface area contributed by atoms with Gasteiger partial charge in [-0.05, 0) is 42.0 Å². The van der Waals surface area contributed by atoms with Crippen molar-refractivity contribution >= 4 is 69.4 Å². The van der Waals surface area contributed by atoms with Crippen LogP contribution in [0.3, 0.4) is 0 Å². The number of nitrogens with one attached hydrogen (secondary N) is 1. The maximum Gasteiger partial charge on any atom is 0.296 e. The topological polar surface area (TPSA) is 55.4 Å². The first kappa shape index (κ1) is 43.1. The number of hydrogen-bond donors (Lipinski definition) is 1. The summed E-state index contributed by atoms with van der Waals surface area (Å²) in [7, 11) is -9.51. The largest absolute Gasteiger partial charge is 0.527 e. The van der Waals surface area contributed by atoms with Crippen LogP contribution >= 0.6 is 23.2 Å². The van der Waals surface area contributed by atoms with Gasteiger partial charge in [0.15, 0.2) is 0 Å². The monoisotopic (exact) mass is 829 g/mol. The van der Waals surface area contributed by atoms with Crippen molar-refractivity contribution in [2.24, 2.45) is 5.92 Å². The normalized spacial score (nSPS) is 14.3. The van der Waals surface area contributed by atoms with Gasteiger partial charge in [0, 0.05) is 15.1 Å². The van der Waals surface area contributed by atoms with E-state index in [0.29, 0.717) is 0 Å². The minimum absolute atomic E-state index is 0.0616. The summed E-state index contributed by atoms with van der Waals surface area (Å²) >= 11 is 3.71. The summed E-state index contributed by atoms with van der Waals surface area (Å²) in [6, 6.07) is 37.8. The van der Waals surface area contributed by atoms with Crippen LogP contribution in [-0.2, 0) is 13.8 Å². The van der Waals surface area contributed by atoms with Gasteiger partial charge in [0.2, 0.25) is 14.2 Å². The molecule has 0 saturated carbocycles. The van der Waals surface area contributed by atoms with Gasteiger partial charge in [0.05, 0.1) is 34.7 Å². The highest BCUT2D eigenvalue weighted by atomic mass is 79.9. The van der Waals surface area contributed by atoms with E-state index in [1.54, 1.807) is 0 Å². The van der Waals surface area contributed by atoms with Gasteiger partial charge in [0.25, 0.3) is 5.97 Å². The third-order valence-electron chi connectivity index (χ3n) is 13.2. The van der Waals surface area contributed by atoms with E-state index in [0.717, 1.165) is 20.6 Å². The third-order valence-corrected chi connectivity index (χ3v) is 86.1. The summed E-state index contributed by atoms with van der Waals surface area (Å²) < 4.78 is 24.4. The third kappa shape index (κ3) is 7.67. The summed E-state index contributed by atoms with van der Waals surface area (Å²) in [5.41, 5.74) is 0.933. The predicted octanol–water partition coefficient (Wildman–Crippen LogP) is 11.9. The van der Waals surface area contributed by atoms with Crippen LogP contribution in [0, 0.1) is 5.92 Å². The number of carbonyl (C=O) groups excluding carboxylic acids is 1. The Bertz CT molecular complexity index is 1430. The molecule has 0 radical (unpaired) electrons. The molecule has 1 N–H and O–H groups in total. The van der Waals surface area contributed by atoms with Crippen LogP contribution < -0.4 is 15.7 Å². The van der Waals surface area contributed by atoms with E-state index in [4.69, 9.17) is 4.43 Å². The molecule has 3 aromatic rings. The van der Waals surface area contributed by atoms with E-state index >= 15 is 9.36 Å². The second-order valence-corrected chi connectivity index (χ2v) is 53.8. The van der Waals surface area contributed by atoms with Crippen LogP contribution in [0.2, 0.25) is 54.4 Å². The Morgan fingerprint density at radius 1 is 0.640 bits per heavy atom. The van der Waals surface area contributed by atoms with E-state index in [1.807, 2.05) is 79.7 Å². The molecule has 276 valence electrons. The molecular weight excluding hydrogens is 766 g/mol.